The molecule has 0 aliphatic heterocycles. The molecular formula is C14H21NO3. The van der Waals surface area contributed by atoms with Gasteiger partial charge in [0.1, 0.15) is 5.75 Å². The molecule has 2 atom stereocenters. The number of rotatable bonds is 6. The Morgan fingerprint density at radius 3 is 2.33 bits per heavy atom. The largest absolute Gasteiger partial charge is 0.497 e. The molecule has 0 radical (unpaired) electrons. The van der Waals surface area contributed by atoms with Crippen LogP contribution < -0.4 is 4.74 Å². The molecule has 1 N–H and O–H groups in total. The van der Waals surface area contributed by atoms with E-state index in [-0.39, 0.29) is 11.8 Å². The van der Waals surface area contributed by atoms with Crippen molar-refractivity contribution >= 4 is 5.78 Å². The number of aliphatic hydroxyl groups is 1. The first-order valence-corrected chi connectivity index (χ1v) is 6.02. The Balaban J connectivity index is 2.73. The molecule has 0 saturated heterocycles. The SMILES string of the molecule is COc1ccc(C(=O)C(C)N(C)CC(C)O)cc1. The van der Waals surface area contributed by atoms with Crippen molar-refractivity contribution in [3.05, 3.63) is 29.8 Å². The van der Waals surface area contributed by atoms with Crippen LogP contribution in [0, 0.1) is 0 Å². The highest BCUT2D eigenvalue weighted by Gasteiger charge is 2.20. The average molecular weight is 251 g/mol. The molecule has 0 saturated carbocycles. The number of carbonyl (C=O) groups excluding carboxylic acids is 1. The molecule has 0 fully saturated rings. The molecule has 0 heterocycles. The van der Waals surface area contributed by atoms with Crippen LogP contribution in [0.3, 0.4) is 0 Å². The fraction of sp³-hybridized carbons (Fsp3) is 0.500. The van der Waals surface area contributed by atoms with Crippen LogP contribution in [0.25, 0.3) is 0 Å². The average Bonchev–Trinajstić information content (AvgIpc) is 2.36. The zero-order valence-corrected chi connectivity index (χ0v) is 11.4. The third-order valence-electron chi connectivity index (χ3n) is 2.97. The zero-order valence-electron chi connectivity index (χ0n) is 11.4. The van der Waals surface area contributed by atoms with Gasteiger partial charge in [-0.25, -0.2) is 0 Å². The summed E-state index contributed by atoms with van der Waals surface area (Å²) in [5.41, 5.74) is 0.653. The maximum absolute atomic E-state index is 12.2. The maximum Gasteiger partial charge on any atom is 0.179 e. The minimum atomic E-state index is -0.443. The van der Waals surface area contributed by atoms with Crippen LogP contribution >= 0.6 is 0 Å². The molecule has 0 aliphatic rings. The van der Waals surface area contributed by atoms with Gasteiger partial charge in [-0.1, -0.05) is 0 Å². The Kier molecular flexibility index (Phi) is 5.31. The molecule has 100 valence electrons. The smallest absolute Gasteiger partial charge is 0.179 e. The summed E-state index contributed by atoms with van der Waals surface area (Å²) < 4.78 is 5.05. The van der Waals surface area contributed by atoms with E-state index in [1.807, 2.05) is 18.9 Å². The number of benzene rings is 1. The van der Waals surface area contributed by atoms with Crippen molar-refractivity contribution in [3.8, 4) is 5.75 Å². The van der Waals surface area contributed by atoms with E-state index in [4.69, 9.17) is 4.74 Å². The molecule has 1 aromatic carbocycles. The second-order valence-electron chi connectivity index (χ2n) is 4.56. The summed E-state index contributed by atoms with van der Waals surface area (Å²) in [5.74, 6) is 0.775. The number of Topliss-reactive ketones (excluding diaryl/α,β-unsaturated/α-hetero) is 1. The molecule has 0 aromatic heterocycles. The lowest BCUT2D eigenvalue weighted by atomic mass is 10.0. The summed E-state index contributed by atoms with van der Waals surface area (Å²) in [6.07, 6.45) is -0.443. The van der Waals surface area contributed by atoms with Gasteiger partial charge < -0.3 is 9.84 Å². The van der Waals surface area contributed by atoms with Crippen LogP contribution in [0.2, 0.25) is 0 Å². The highest BCUT2D eigenvalue weighted by atomic mass is 16.5. The minimum Gasteiger partial charge on any atom is -0.497 e. The van der Waals surface area contributed by atoms with Crippen molar-refractivity contribution in [1.29, 1.82) is 0 Å². The third kappa shape index (κ3) is 3.82. The van der Waals surface area contributed by atoms with Crippen molar-refractivity contribution in [1.82, 2.24) is 4.90 Å². The number of hydrogen-bond donors (Lipinski definition) is 1. The number of nitrogens with zero attached hydrogens (tertiary/aromatic N) is 1. The predicted molar refractivity (Wildman–Crippen MR) is 71.1 cm³/mol. The molecule has 18 heavy (non-hydrogen) atoms. The summed E-state index contributed by atoms with van der Waals surface area (Å²) in [6.45, 7) is 4.03. The lowest BCUT2D eigenvalue weighted by Gasteiger charge is -2.24. The quantitative estimate of drug-likeness (QED) is 0.780. The predicted octanol–water partition coefficient (Wildman–Crippen LogP) is 1.58. The van der Waals surface area contributed by atoms with Gasteiger partial charge in [0.05, 0.1) is 19.3 Å². The van der Waals surface area contributed by atoms with E-state index in [1.54, 1.807) is 38.3 Å². The lowest BCUT2D eigenvalue weighted by molar-refractivity contribution is 0.0788. The molecule has 1 rings (SSSR count). The summed E-state index contributed by atoms with van der Waals surface area (Å²) in [6, 6.07) is 6.80. The van der Waals surface area contributed by atoms with E-state index in [0.717, 1.165) is 5.75 Å². The second-order valence-corrected chi connectivity index (χ2v) is 4.56. The first-order chi connectivity index (χ1) is 8.45. The monoisotopic (exact) mass is 251 g/mol. The number of ketones is 1. The normalized spacial score (nSPS) is 14.3. The number of ether oxygens (including phenoxy) is 1. The molecule has 0 spiro atoms. The maximum atomic E-state index is 12.2. The minimum absolute atomic E-state index is 0.0424. The van der Waals surface area contributed by atoms with E-state index in [1.165, 1.54) is 0 Å². The topological polar surface area (TPSA) is 49.8 Å². The van der Waals surface area contributed by atoms with Crippen molar-refractivity contribution in [2.75, 3.05) is 20.7 Å². The van der Waals surface area contributed by atoms with Crippen molar-refractivity contribution < 1.29 is 14.6 Å². The van der Waals surface area contributed by atoms with Crippen LogP contribution in [0.1, 0.15) is 24.2 Å². The first-order valence-electron chi connectivity index (χ1n) is 6.02. The summed E-state index contributed by atoms with van der Waals surface area (Å²) in [4.78, 5) is 14.0. The third-order valence-corrected chi connectivity index (χ3v) is 2.97. The molecule has 0 aliphatic carbocycles. The van der Waals surface area contributed by atoms with Crippen LogP contribution in [0.4, 0.5) is 0 Å². The molecule has 0 bridgehead atoms. The van der Waals surface area contributed by atoms with Gasteiger partial charge in [0.2, 0.25) is 0 Å². The van der Waals surface area contributed by atoms with Crippen molar-refractivity contribution in [3.63, 3.8) is 0 Å². The van der Waals surface area contributed by atoms with Gasteiger partial charge in [-0.2, -0.15) is 0 Å². The van der Waals surface area contributed by atoms with Gasteiger partial charge in [-0.3, -0.25) is 9.69 Å². The highest BCUT2D eigenvalue weighted by molar-refractivity contribution is 5.99. The Labute approximate surface area is 108 Å². The Bertz CT molecular complexity index is 387. The van der Waals surface area contributed by atoms with E-state index in [2.05, 4.69) is 0 Å². The Morgan fingerprint density at radius 2 is 1.89 bits per heavy atom. The van der Waals surface area contributed by atoms with Gasteiger partial charge in [0.25, 0.3) is 0 Å². The van der Waals surface area contributed by atoms with Crippen LogP contribution in [0.5, 0.6) is 5.75 Å². The summed E-state index contributed by atoms with van der Waals surface area (Å²) >= 11 is 0. The van der Waals surface area contributed by atoms with E-state index >= 15 is 0 Å². The van der Waals surface area contributed by atoms with Crippen LogP contribution in [0.15, 0.2) is 24.3 Å². The molecule has 4 nitrogen and oxygen atoms in total. The van der Waals surface area contributed by atoms with E-state index in [0.29, 0.717) is 12.1 Å². The molecular weight excluding hydrogens is 230 g/mol. The van der Waals surface area contributed by atoms with E-state index < -0.39 is 6.10 Å². The first kappa shape index (κ1) is 14.7. The number of methoxy groups -OCH3 is 1. The molecule has 1 aromatic rings. The highest BCUT2D eigenvalue weighted by Crippen LogP contribution is 2.14. The molecule has 4 heteroatoms. The van der Waals surface area contributed by atoms with Gasteiger partial charge >= 0.3 is 0 Å². The van der Waals surface area contributed by atoms with E-state index in [9.17, 15) is 9.90 Å². The van der Waals surface area contributed by atoms with Crippen LogP contribution in [-0.4, -0.2) is 48.6 Å². The number of aliphatic hydroxyl groups excluding tert-OH is 1. The number of hydrogen-bond acceptors (Lipinski definition) is 4. The van der Waals surface area contributed by atoms with Crippen LogP contribution in [-0.2, 0) is 0 Å². The van der Waals surface area contributed by atoms with Gasteiger partial charge in [-0.05, 0) is 45.2 Å². The fourth-order valence-corrected chi connectivity index (χ4v) is 1.77. The van der Waals surface area contributed by atoms with Gasteiger partial charge in [-0.15, -0.1) is 0 Å². The molecule has 2 unspecified atom stereocenters. The number of carbonyl (C=O) groups is 1. The van der Waals surface area contributed by atoms with Gasteiger partial charge in [0.15, 0.2) is 5.78 Å². The van der Waals surface area contributed by atoms with Crippen molar-refractivity contribution in [2.24, 2.45) is 0 Å². The standard InChI is InChI=1S/C14H21NO3/c1-10(16)9-15(3)11(2)14(17)12-5-7-13(18-4)8-6-12/h5-8,10-11,16H,9H2,1-4H3. The summed E-state index contributed by atoms with van der Waals surface area (Å²) in [5, 5.41) is 9.32. The molecule has 0 amide bonds. The zero-order chi connectivity index (χ0) is 13.7. The van der Waals surface area contributed by atoms with Gasteiger partial charge in [0, 0.05) is 12.1 Å². The second kappa shape index (κ2) is 6.52. The summed E-state index contributed by atoms with van der Waals surface area (Å²) in [7, 11) is 3.43. The Morgan fingerprint density at radius 1 is 1.33 bits per heavy atom. The number of likely N-dealkylation sites (N-methyl/N-ethyl adjacent to an activating group) is 1. The fourth-order valence-electron chi connectivity index (χ4n) is 1.77. The lowest BCUT2D eigenvalue weighted by Crippen LogP contribution is -2.39. The Hall–Kier alpha value is -1.39. The van der Waals surface area contributed by atoms with Crippen molar-refractivity contribution in [2.45, 2.75) is 26.0 Å².